The Labute approximate surface area is 72.2 Å². The molecule has 3 nitrogen and oxygen atoms in total. The maximum absolute atomic E-state index is 9.59. The minimum Gasteiger partial charge on any atom is -0.388 e. The van der Waals surface area contributed by atoms with Gasteiger partial charge in [-0.25, -0.2) is 0 Å². The van der Waals surface area contributed by atoms with Gasteiger partial charge in [0.15, 0.2) is 0 Å². The smallest absolute Gasteiger partial charge is 0.0783 e. The third-order valence-corrected chi connectivity index (χ3v) is 1.83. The molecule has 1 aromatic heterocycles. The first-order valence-corrected chi connectivity index (χ1v) is 3.89. The second kappa shape index (κ2) is 3.21. The van der Waals surface area contributed by atoms with Gasteiger partial charge in [0.05, 0.1) is 11.6 Å². The summed E-state index contributed by atoms with van der Waals surface area (Å²) in [4.78, 5) is 3.87. The van der Waals surface area contributed by atoms with Gasteiger partial charge in [-0.15, -0.1) is 0 Å². The first-order valence-electron chi connectivity index (χ1n) is 3.89. The van der Waals surface area contributed by atoms with Crippen LogP contribution < -0.4 is 5.73 Å². The summed E-state index contributed by atoms with van der Waals surface area (Å²) in [7, 11) is 0. The first-order chi connectivity index (χ1) is 5.52. The molecule has 0 amide bonds. The number of rotatable bonds is 2. The third kappa shape index (κ3) is 2.03. The van der Waals surface area contributed by atoms with Crippen LogP contribution in [-0.4, -0.2) is 15.7 Å². The molecule has 0 saturated carbocycles. The van der Waals surface area contributed by atoms with Crippen molar-refractivity contribution in [2.75, 3.05) is 0 Å². The summed E-state index contributed by atoms with van der Waals surface area (Å²) < 4.78 is 0. The van der Waals surface area contributed by atoms with Crippen molar-refractivity contribution in [3.05, 3.63) is 30.1 Å². The molecule has 0 saturated heterocycles. The van der Waals surface area contributed by atoms with E-state index in [-0.39, 0.29) is 6.04 Å². The molecule has 0 fully saturated rings. The van der Waals surface area contributed by atoms with Crippen LogP contribution >= 0.6 is 0 Å². The Kier molecular flexibility index (Phi) is 2.45. The quantitative estimate of drug-likeness (QED) is 0.684. The predicted octanol–water partition coefficient (Wildman–Crippen LogP) is 0.852. The largest absolute Gasteiger partial charge is 0.388 e. The summed E-state index contributed by atoms with van der Waals surface area (Å²) in [6.07, 6.45) is 3.34. The van der Waals surface area contributed by atoms with Crippen molar-refractivity contribution >= 4 is 0 Å². The van der Waals surface area contributed by atoms with E-state index in [9.17, 15) is 5.11 Å². The predicted molar refractivity (Wildman–Crippen MR) is 47.5 cm³/mol. The van der Waals surface area contributed by atoms with E-state index in [4.69, 9.17) is 5.73 Å². The van der Waals surface area contributed by atoms with Crippen molar-refractivity contribution in [2.45, 2.75) is 25.5 Å². The summed E-state index contributed by atoms with van der Waals surface area (Å²) in [5.74, 6) is 0. The van der Waals surface area contributed by atoms with Crippen LogP contribution in [-0.2, 0) is 0 Å². The molecule has 1 heterocycles. The van der Waals surface area contributed by atoms with Crippen molar-refractivity contribution in [3.63, 3.8) is 0 Å². The van der Waals surface area contributed by atoms with Crippen molar-refractivity contribution in [1.82, 2.24) is 4.98 Å². The second-order valence-electron chi connectivity index (χ2n) is 3.41. The standard InChI is InChI=1S/C9H14N2O/c1-9(2,12)8(10)7-3-5-11-6-4-7/h3-6,8,12H,10H2,1-2H3. The van der Waals surface area contributed by atoms with Crippen LogP contribution in [0.3, 0.4) is 0 Å². The van der Waals surface area contributed by atoms with Crippen LogP contribution in [0.25, 0.3) is 0 Å². The zero-order chi connectivity index (χ0) is 9.19. The van der Waals surface area contributed by atoms with Crippen molar-refractivity contribution in [1.29, 1.82) is 0 Å². The SMILES string of the molecule is CC(C)(O)C(N)c1ccncc1. The lowest BCUT2D eigenvalue weighted by atomic mass is 9.94. The van der Waals surface area contributed by atoms with E-state index in [2.05, 4.69) is 4.98 Å². The molecule has 0 radical (unpaired) electrons. The molecule has 0 aliphatic carbocycles. The molecule has 0 spiro atoms. The van der Waals surface area contributed by atoms with Crippen molar-refractivity contribution in [3.8, 4) is 0 Å². The monoisotopic (exact) mass is 166 g/mol. The molecule has 1 rings (SSSR count). The Morgan fingerprint density at radius 1 is 1.42 bits per heavy atom. The van der Waals surface area contributed by atoms with E-state index in [0.717, 1.165) is 5.56 Å². The fourth-order valence-corrected chi connectivity index (χ4v) is 0.979. The van der Waals surface area contributed by atoms with E-state index >= 15 is 0 Å². The summed E-state index contributed by atoms with van der Waals surface area (Å²) >= 11 is 0. The highest BCUT2D eigenvalue weighted by molar-refractivity contribution is 5.17. The minimum atomic E-state index is -0.888. The van der Waals surface area contributed by atoms with Gasteiger partial charge in [0.1, 0.15) is 0 Å². The van der Waals surface area contributed by atoms with E-state index < -0.39 is 5.60 Å². The van der Waals surface area contributed by atoms with Crippen molar-refractivity contribution < 1.29 is 5.11 Å². The van der Waals surface area contributed by atoms with Gasteiger partial charge in [0, 0.05) is 12.4 Å². The van der Waals surface area contributed by atoms with Gasteiger partial charge in [-0.1, -0.05) is 0 Å². The molecular weight excluding hydrogens is 152 g/mol. The van der Waals surface area contributed by atoms with Crippen LogP contribution in [0.15, 0.2) is 24.5 Å². The van der Waals surface area contributed by atoms with Crippen LogP contribution in [0.4, 0.5) is 0 Å². The molecule has 66 valence electrons. The summed E-state index contributed by atoms with van der Waals surface area (Å²) in [5, 5.41) is 9.59. The lowest BCUT2D eigenvalue weighted by Crippen LogP contribution is -2.34. The van der Waals surface area contributed by atoms with E-state index in [1.807, 2.05) is 12.1 Å². The zero-order valence-corrected chi connectivity index (χ0v) is 7.36. The number of aromatic nitrogens is 1. The lowest BCUT2D eigenvalue weighted by molar-refractivity contribution is 0.0517. The van der Waals surface area contributed by atoms with Crippen LogP contribution in [0.1, 0.15) is 25.5 Å². The van der Waals surface area contributed by atoms with Gasteiger partial charge in [-0.05, 0) is 31.5 Å². The highest BCUT2D eigenvalue weighted by Gasteiger charge is 2.23. The summed E-state index contributed by atoms with van der Waals surface area (Å²) in [6, 6.07) is 3.26. The van der Waals surface area contributed by atoms with Crippen LogP contribution in [0, 0.1) is 0 Å². The Morgan fingerprint density at radius 2 is 1.92 bits per heavy atom. The molecule has 1 atom stereocenters. The molecule has 0 aliphatic rings. The summed E-state index contributed by atoms with van der Waals surface area (Å²) in [5.41, 5.74) is 5.81. The van der Waals surface area contributed by atoms with Crippen LogP contribution in [0.5, 0.6) is 0 Å². The molecule has 0 bridgehead atoms. The fraction of sp³-hybridized carbons (Fsp3) is 0.444. The highest BCUT2D eigenvalue weighted by atomic mass is 16.3. The molecule has 3 heteroatoms. The van der Waals surface area contributed by atoms with Gasteiger partial charge >= 0.3 is 0 Å². The average Bonchev–Trinajstić information content (AvgIpc) is 2.03. The van der Waals surface area contributed by atoms with Gasteiger partial charge in [0.2, 0.25) is 0 Å². The second-order valence-corrected chi connectivity index (χ2v) is 3.41. The first kappa shape index (κ1) is 9.16. The van der Waals surface area contributed by atoms with Crippen molar-refractivity contribution in [2.24, 2.45) is 5.73 Å². The number of aliphatic hydroxyl groups is 1. The van der Waals surface area contributed by atoms with Gasteiger partial charge in [0.25, 0.3) is 0 Å². The van der Waals surface area contributed by atoms with Crippen LogP contribution in [0.2, 0.25) is 0 Å². The zero-order valence-electron chi connectivity index (χ0n) is 7.36. The number of nitrogens with two attached hydrogens (primary N) is 1. The lowest BCUT2D eigenvalue weighted by Gasteiger charge is -2.25. The molecule has 0 aliphatic heterocycles. The molecule has 12 heavy (non-hydrogen) atoms. The van der Waals surface area contributed by atoms with E-state index in [1.54, 1.807) is 26.2 Å². The minimum absolute atomic E-state index is 0.361. The molecule has 1 unspecified atom stereocenters. The molecule has 3 N–H and O–H groups in total. The highest BCUT2D eigenvalue weighted by Crippen LogP contribution is 2.21. The van der Waals surface area contributed by atoms with Gasteiger partial charge in [-0.3, -0.25) is 4.98 Å². The third-order valence-electron chi connectivity index (χ3n) is 1.83. The fourth-order valence-electron chi connectivity index (χ4n) is 0.979. The maximum atomic E-state index is 9.59. The van der Waals surface area contributed by atoms with Gasteiger partial charge in [-0.2, -0.15) is 0 Å². The molecular formula is C9H14N2O. The average molecular weight is 166 g/mol. The Hall–Kier alpha value is -0.930. The van der Waals surface area contributed by atoms with Gasteiger partial charge < -0.3 is 10.8 Å². The topological polar surface area (TPSA) is 59.1 Å². The normalized spacial score (nSPS) is 14.3. The molecule has 1 aromatic rings. The Bertz CT molecular complexity index is 240. The number of hydrogen-bond donors (Lipinski definition) is 2. The number of pyridine rings is 1. The molecule has 0 aromatic carbocycles. The number of nitrogens with zero attached hydrogens (tertiary/aromatic N) is 1. The van der Waals surface area contributed by atoms with E-state index in [0.29, 0.717) is 0 Å². The maximum Gasteiger partial charge on any atom is 0.0783 e. The Balaban J connectivity index is 2.86. The van der Waals surface area contributed by atoms with E-state index in [1.165, 1.54) is 0 Å². The summed E-state index contributed by atoms with van der Waals surface area (Å²) in [6.45, 7) is 3.39. The number of hydrogen-bond acceptors (Lipinski definition) is 3. The Morgan fingerprint density at radius 3 is 2.33 bits per heavy atom.